The largest absolute Gasteiger partial charge is 0.361 e. The van der Waals surface area contributed by atoms with Gasteiger partial charge in [-0.25, -0.2) is 9.37 Å². The topological polar surface area (TPSA) is 37.2 Å². The van der Waals surface area contributed by atoms with E-state index in [-0.39, 0.29) is 11.4 Å². The molecule has 0 atom stereocenters. The molecule has 1 fully saturated rings. The Bertz CT molecular complexity index is 1160. The van der Waals surface area contributed by atoms with Crippen LogP contribution in [0, 0.1) is 5.82 Å². The molecule has 5 nitrogen and oxygen atoms in total. The van der Waals surface area contributed by atoms with Crippen LogP contribution in [-0.2, 0) is 7.05 Å². The van der Waals surface area contributed by atoms with Crippen molar-refractivity contribution in [2.45, 2.75) is 26.3 Å². The molecule has 1 aliphatic rings. The molecule has 4 heterocycles. The first-order chi connectivity index (χ1) is 13.8. The van der Waals surface area contributed by atoms with Gasteiger partial charge in [-0.1, -0.05) is 11.3 Å². The van der Waals surface area contributed by atoms with Crippen LogP contribution < -0.4 is 4.90 Å². The summed E-state index contributed by atoms with van der Waals surface area (Å²) in [6.07, 6.45) is 1.84. The van der Waals surface area contributed by atoms with Crippen LogP contribution in [-0.4, -0.2) is 51.4 Å². The second-order valence-electron chi connectivity index (χ2n) is 8.62. The lowest BCUT2D eigenvalue weighted by Crippen LogP contribution is -2.53. The van der Waals surface area contributed by atoms with Crippen LogP contribution in [0.3, 0.4) is 0 Å². The fraction of sp³-hybridized carbons (Fsp3) is 0.429. The molecule has 0 saturated carbocycles. The molecule has 0 spiro atoms. The first-order valence-electron chi connectivity index (χ1n) is 9.81. The SMILES string of the molecule is Cn1cc2cc(-c3nc4sc(N5CCN(C(C)(C)C)CC5)cc4s3)cc(F)c2n1. The van der Waals surface area contributed by atoms with E-state index < -0.39 is 0 Å². The zero-order chi connectivity index (χ0) is 20.3. The van der Waals surface area contributed by atoms with Crippen molar-refractivity contribution in [1.29, 1.82) is 0 Å². The van der Waals surface area contributed by atoms with Gasteiger partial charge >= 0.3 is 0 Å². The standard InChI is InChI=1S/C21H24FN5S2/c1-21(2,3)27-7-5-26(6-8-27)17-11-16-20(29-17)23-19(28-16)13-9-14-12-25(4)24-18(14)15(22)10-13/h9-12H,5-8H2,1-4H3. The van der Waals surface area contributed by atoms with Crippen LogP contribution in [0.5, 0.6) is 0 Å². The van der Waals surface area contributed by atoms with E-state index in [0.717, 1.165) is 47.0 Å². The number of hydrogen-bond donors (Lipinski definition) is 0. The molecule has 152 valence electrons. The first-order valence-corrected chi connectivity index (χ1v) is 11.4. The molecular weight excluding hydrogens is 405 g/mol. The summed E-state index contributed by atoms with van der Waals surface area (Å²) in [5.74, 6) is -0.297. The fourth-order valence-electron chi connectivity index (χ4n) is 3.94. The number of hydrogen-bond acceptors (Lipinski definition) is 6. The second kappa shape index (κ2) is 6.75. The Morgan fingerprint density at radius 1 is 1.03 bits per heavy atom. The van der Waals surface area contributed by atoms with E-state index >= 15 is 0 Å². The molecule has 1 saturated heterocycles. The number of benzene rings is 1. The van der Waals surface area contributed by atoms with E-state index in [1.807, 2.05) is 12.3 Å². The van der Waals surface area contributed by atoms with Gasteiger partial charge in [0.25, 0.3) is 0 Å². The highest BCUT2D eigenvalue weighted by molar-refractivity contribution is 7.30. The van der Waals surface area contributed by atoms with Gasteiger partial charge in [-0.2, -0.15) is 5.10 Å². The zero-order valence-corrected chi connectivity index (χ0v) is 18.7. The summed E-state index contributed by atoms with van der Waals surface area (Å²) in [6, 6.07) is 5.76. The molecule has 0 aliphatic carbocycles. The van der Waals surface area contributed by atoms with E-state index in [0.29, 0.717) is 5.52 Å². The summed E-state index contributed by atoms with van der Waals surface area (Å²) < 4.78 is 17.3. The van der Waals surface area contributed by atoms with Gasteiger partial charge in [-0.05, 0) is 39.0 Å². The monoisotopic (exact) mass is 429 g/mol. The lowest BCUT2D eigenvalue weighted by molar-refractivity contribution is 0.128. The van der Waals surface area contributed by atoms with Gasteiger partial charge in [0.05, 0.1) is 9.70 Å². The highest BCUT2D eigenvalue weighted by atomic mass is 32.1. The third-order valence-corrected chi connectivity index (χ3v) is 7.81. The molecular formula is C21H24FN5S2. The molecule has 0 bridgehead atoms. The Morgan fingerprint density at radius 3 is 2.48 bits per heavy atom. The number of thiazole rings is 1. The van der Waals surface area contributed by atoms with Crippen LogP contribution in [0.4, 0.5) is 9.39 Å². The maximum absolute atomic E-state index is 14.4. The fourth-order valence-corrected chi connectivity index (χ4v) is 6.19. The molecule has 1 aromatic carbocycles. The number of nitrogens with zero attached hydrogens (tertiary/aromatic N) is 5. The van der Waals surface area contributed by atoms with Gasteiger partial charge in [-0.15, -0.1) is 11.3 Å². The molecule has 5 rings (SSSR count). The highest BCUT2D eigenvalue weighted by Crippen LogP contribution is 2.40. The Hall–Kier alpha value is -2.03. The van der Waals surface area contributed by atoms with Crippen molar-refractivity contribution < 1.29 is 4.39 Å². The predicted octanol–water partition coefficient (Wildman–Crippen LogP) is 4.97. The number of fused-ring (bicyclic) bond motifs is 2. The Labute approximate surface area is 177 Å². The van der Waals surface area contributed by atoms with Crippen molar-refractivity contribution in [2.75, 3.05) is 31.1 Å². The number of piperazine rings is 1. The number of halogens is 1. The minimum Gasteiger partial charge on any atom is -0.361 e. The minimum absolute atomic E-state index is 0.225. The van der Waals surface area contributed by atoms with E-state index in [9.17, 15) is 4.39 Å². The van der Waals surface area contributed by atoms with Gasteiger partial charge in [-0.3, -0.25) is 9.58 Å². The number of thiophene rings is 1. The molecule has 0 radical (unpaired) electrons. The van der Waals surface area contributed by atoms with Crippen molar-refractivity contribution >= 4 is 48.1 Å². The zero-order valence-electron chi connectivity index (χ0n) is 17.1. The Kier molecular flexibility index (Phi) is 4.42. The highest BCUT2D eigenvalue weighted by Gasteiger charge is 2.27. The molecule has 4 aromatic rings. The lowest BCUT2D eigenvalue weighted by Gasteiger charge is -2.42. The van der Waals surface area contributed by atoms with Gasteiger partial charge in [0, 0.05) is 55.9 Å². The average molecular weight is 430 g/mol. The van der Waals surface area contributed by atoms with Crippen LogP contribution in [0.15, 0.2) is 24.4 Å². The summed E-state index contributed by atoms with van der Waals surface area (Å²) in [5, 5.41) is 7.13. The maximum atomic E-state index is 14.4. The quantitative estimate of drug-likeness (QED) is 0.451. The van der Waals surface area contributed by atoms with Gasteiger partial charge in [0.1, 0.15) is 15.4 Å². The van der Waals surface area contributed by atoms with Crippen LogP contribution in [0.2, 0.25) is 0 Å². The van der Waals surface area contributed by atoms with Crippen LogP contribution in [0.25, 0.3) is 31.0 Å². The molecule has 8 heteroatoms. The molecule has 29 heavy (non-hydrogen) atoms. The summed E-state index contributed by atoms with van der Waals surface area (Å²) in [5.41, 5.74) is 1.45. The summed E-state index contributed by atoms with van der Waals surface area (Å²) >= 11 is 3.37. The number of aryl methyl sites for hydroxylation is 1. The summed E-state index contributed by atoms with van der Waals surface area (Å²) in [6.45, 7) is 11.1. The normalized spacial score (nSPS) is 16.4. The summed E-state index contributed by atoms with van der Waals surface area (Å²) in [7, 11) is 1.81. The first kappa shape index (κ1) is 19.0. The molecule has 0 N–H and O–H groups in total. The van der Waals surface area contributed by atoms with E-state index in [2.05, 4.69) is 41.7 Å². The van der Waals surface area contributed by atoms with Crippen molar-refractivity contribution in [3.05, 3.63) is 30.2 Å². The minimum atomic E-state index is -0.297. The third-order valence-electron chi connectivity index (χ3n) is 5.54. The van der Waals surface area contributed by atoms with Crippen LogP contribution in [0.1, 0.15) is 20.8 Å². The van der Waals surface area contributed by atoms with E-state index in [1.54, 1.807) is 40.5 Å². The molecule has 0 amide bonds. The second-order valence-corrected chi connectivity index (χ2v) is 10.7. The van der Waals surface area contributed by atoms with Crippen LogP contribution >= 0.6 is 22.7 Å². The van der Waals surface area contributed by atoms with Gasteiger partial charge in [0.15, 0.2) is 5.82 Å². The third kappa shape index (κ3) is 3.43. The van der Waals surface area contributed by atoms with Gasteiger partial charge < -0.3 is 4.90 Å². The maximum Gasteiger partial charge on any atom is 0.152 e. The van der Waals surface area contributed by atoms with Crippen molar-refractivity contribution in [3.63, 3.8) is 0 Å². The Morgan fingerprint density at radius 2 is 1.79 bits per heavy atom. The van der Waals surface area contributed by atoms with Crippen molar-refractivity contribution in [1.82, 2.24) is 19.7 Å². The number of rotatable bonds is 2. The van der Waals surface area contributed by atoms with E-state index in [4.69, 9.17) is 4.98 Å². The number of anilines is 1. The smallest absolute Gasteiger partial charge is 0.152 e. The summed E-state index contributed by atoms with van der Waals surface area (Å²) in [4.78, 5) is 10.8. The molecule has 1 aliphatic heterocycles. The van der Waals surface area contributed by atoms with Gasteiger partial charge in [0.2, 0.25) is 0 Å². The van der Waals surface area contributed by atoms with E-state index in [1.165, 1.54) is 9.70 Å². The predicted molar refractivity (Wildman–Crippen MR) is 121 cm³/mol. The lowest BCUT2D eigenvalue weighted by atomic mass is 10.1. The molecule has 0 unspecified atom stereocenters. The van der Waals surface area contributed by atoms with Crippen molar-refractivity contribution in [2.24, 2.45) is 7.05 Å². The molecule has 3 aromatic heterocycles. The van der Waals surface area contributed by atoms with Crippen molar-refractivity contribution in [3.8, 4) is 10.6 Å². The average Bonchev–Trinajstić information content (AvgIpc) is 3.33. The number of aromatic nitrogens is 3. The Balaban J connectivity index is 1.40.